The monoisotopic (exact) mass is 418 g/mol. The van der Waals surface area contributed by atoms with Crippen molar-refractivity contribution in [3.63, 3.8) is 0 Å². The van der Waals surface area contributed by atoms with Crippen molar-refractivity contribution in [1.82, 2.24) is 9.72 Å². The highest BCUT2D eigenvalue weighted by atomic mass is 16.6. The lowest BCUT2D eigenvalue weighted by Crippen LogP contribution is -2.33. The van der Waals surface area contributed by atoms with Crippen molar-refractivity contribution in [2.45, 2.75) is 52.6 Å². The second kappa shape index (κ2) is 10.7. The van der Waals surface area contributed by atoms with Gasteiger partial charge in [-0.1, -0.05) is 0 Å². The predicted molar refractivity (Wildman–Crippen MR) is 113 cm³/mol. The van der Waals surface area contributed by atoms with Crippen LogP contribution in [0.25, 0.3) is 5.52 Å². The second-order valence-electron chi connectivity index (χ2n) is 7.77. The lowest BCUT2D eigenvalue weighted by molar-refractivity contribution is 0.0514. The van der Waals surface area contributed by atoms with Crippen LogP contribution in [-0.2, 0) is 9.47 Å². The van der Waals surface area contributed by atoms with E-state index in [1.165, 1.54) is 10.5 Å². The van der Waals surface area contributed by atoms with Crippen LogP contribution >= 0.6 is 0 Å². The maximum Gasteiger partial charge on any atom is 0.407 e. The fraction of sp³-hybridized carbons (Fsp3) is 0.500. The molecule has 0 saturated heterocycles. The zero-order valence-electron chi connectivity index (χ0n) is 18.0. The van der Waals surface area contributed by atoms with Crippen molar-refractivity contribution in [1.29, 1.82) is 0 Å². The van der Waals surface area contributed by atoms with Gasteiger partial charge in [-0.15, -0.1) is 0 Å². The van der Waals surface area contributed by atoms with Gasteiger partial charge in [0.25, 0.3) is 5.56 Å². The fourth-order valence-electron chi connectivity index (χ4n) is 2.72. The molecule has 1 N–H and O–H groups in total. The Bertz CT molecular complexity index is 929. The number of pyridine rings is 2. The van der Waals surface area contributed by atoms with Crippen molar-refractivity contribution in [2.24, 2.45) is 0 Å². The topological polar surface area (TPSA) is 95.3 Å². The summed E-state index contributed by atoms with van der Waals surface area (Å²) in [7, 11) is 0. The molecule has 1 amide bonds. The average Bonchev–Trinajstić information content (AvgIpc) is 2.66. The van der Waals surface area contributed by atoms with E-state index >= 15 is 0 Å². The molecule has 0 atom stereocenters. The molecule has 2 aromatic heterocycles. The highest BCUT2D eigenvalue weighted by Gasteiger charge is 2.15. The molecule has 0 bridgehead atoms. The van der Waals surface area contributed by atoms with Crippen LogP contribution in [0.1, 0.15) is 57.3 Å². The maximum absolute atomic E-state index is 12.5. The van der Waals surface area contributed by atoms with E-state index in [4.69, 9.17) is 14.2 Å². The van der Waals surface area contributed by atoms with Gasteiger partial charge >= 0.3 is 12.1 Å². The van der Waals surface area contributed by atoms with Gasteiger partial charge in [0.2, 0.25) is 0 Å². The number of esters is 1. The third-order valence-electron chi connectivity index (χ3n) is 4.08. The lowest BCUT2D eigenvalue weighted by atomic mass is 10.2. The number of unbranched alkanes of at least 4 members (excludes halogenated alkanes) is 2. The lowest BCUT2D eigenvalue weighted by Gasteiger charge is -2.19. The number of hydrogen-bond acceptors (Lipinski definition) is 6. The quantitative estimate of drug-likeness (QED) is 0.494. The van der Waals surface area contributed by atoms with Gasteiger partial charge < -0.3 is 19.5 Å². The van der Waals surface area contributed by atoms with Gasteiger partial charge in [-0.3, -0.25) is 9.20 Å². The molecule has 8 heteroatoms. The summed E-state index contributed by atoms with van der Waals surface area (Å²) in [5.74, 6) is -0.0966. The molecular formula is C22H30N2O6. The molecule has 0 unspecified atom stereocenters. The number of nitrogens with one attached hydrogen (secondary N) is 1. The van der Waals surface area contributed by atoms with E-state index in [2.05, 4.69) is 5.32 Å². The highest BCUT2D eigenvalue weighted by molar-refractivity contribution is 5.89. The summed E-state index contributed by atoms with van der Waals surface area (Å²) in [5.41, 5.74) is -0.293. The van der Waals surface area contributed by atoms with Crippen LogP contribution in [0, 0.1) is 0 Å². The third kappa shape index (κ3) is 7.09. The molecule has 2 rings (SSSR count). The minimum atomic E-state index is -0.636. The molecule has 30 heavy (non-hydrogen) atoms. The molecule has 0 aliphatic carbocycles. The molecule has 2 aromatic rings. The third-order valence-corrected chi connectivity index (χ3v) is 4.08. The van der Waals surface area contributed by atoms with Crippen LogP contribution in [0.2, 0.25) is 0 Å². The van der Waals surface area contributed by atoms with E-state index < -0.39 is 23.2 Å². The summed E-state index contributed by atoms with van der Waals surface area (Å²) in [6.07, 6.45) is 3.64. The van der Waals surface area contributed by atoms with Gasteiger partial charge in [0.15, 0.2) is 0 Å². The van der Waals surface area contributed by atoms with Crippen LogP contribution in [0.3, 0.4) is 0 Å². The van der Waals surface area contributed by atoms with Crippen LogP contribution in [0.5, 0.6) is 5.75 Å². The van der Waals surface area contributed by atoms with Crippen LogP contribution < -0.4 is 15.6 Å². The largest absolute Gasteiger partial charge is 0.492 e. The molecular weight excluding hydrogens is 388 g/mol. The summed E-state index contributed by atoms with van der Waals surface area (Å²) in [5, 5.41) is 2.72. The van der Waals surface area contributed by atoms with Crippen molar-refractivity contribution >= 4 is 17.6 Å². The number of rotatable bonds is 9. The first-order valence-electron chi connectivity index (χ1n) is 10.1. The Kier molecular flexibility index (Phi) is 8.26. The fourth-order valence-corrected chi connectivity index (χ4v) is 2.72. The number of carbonyl (C=O) groups is 2. The molecule has 0 spiro atoms. The Labute approximate surface area is 176 Å². The summed E-state index contributed by atoms with van der Waals surface area (Å²) >= 11 is 0. The van der Waals surface area contributed by atoms with E-state index in [0.717, 1.165) is 19.3 Å². The number of ether oxygens (including phenoxy) is 3. The zero-order valence-corrected chi connectivity index (χ0v) is 18.0. The van der Waals surface area contributed by atoms with E-state index in [1.807, 2.05) is 20.8 Å². The van der Waals surface area contributed by atoms with Gasteiger partial charge in [0.05, 0.1) is 19.4 Å². The standard InChI is InChI=1S/C22H30N2O6/c1-5-28-20(26)18-12-10-16-9-11-17(15-24(16)19(18)25)29-14-8-6-7-13-23-21(27)30-22(2,3)4/h9-12,15H,5-8,13-14H2,1-4H3,(H,23,27). The predicted octanol–water partition coefficient (Wildman–Crippen LogP) is 3.55. The van der Waals surface area contributed by atoms with Crippen molar-refractivity contribution in [3.8, 4) is 5.75 Å². The number of aromatic nitrogens is 1. The Balaban J connectivity index is 1.81. The molecule has 0 aliphatic rings. The van der Waals surface area contributed by atoms with Gasteiger partial charge in [-0.05, 0) is 71.2 Å². The minimum Gasteiger partial charge on any atom is -0.492 e. The minimum absolute atomic E-state index is 0.0102. The van der Waals surface area contributed by atoms with Crippen molar-refractivity contribution < 1.29 is 23.8 Å². The normalized spacial score (nSPS) is 11.2. The van der Waals surface area contributed by atoms with E-state index in [1.54, 1.807) is 31.3 Å². The van der Waals surface area contributed by atoms with Gasteiger partial charge in [0, 0.05) is 12.1 Å². The number of nitrogens with zero attached hydrogens (tertiary/aromatic N) is 1. The maximum atomic E-state index is 12.5. The Morgan fingerprint density at radius 2 is 1.80 bits per heavy atom. The Hall–Kier alpha value is -3.03. The Morgan fingerprint density at radius 3 is 2.50 bits per heavy atom. The van der Waals surface area contributed by atoms with Gasteiger partial charge in [-0.25, -0.2) is 9.59 Å². The summed E-state index contributed by atoms with van der Waals surface area (Å²) < 4.78 is 17.2. The van der Waals surface area contributed by atoms with E-state index in [-0.39, 0.29) is 12.2 Å². The molecule has 0 aliphatic heterocycles. The Morgan fingerprint density at radius 1 is 1.07 bits per heavy atom. The molecule has 2 heterocycles. The zero-order chi connectivity index (χ0) is 22.1. The average molecular weight is 418 g/mol. The van der Waals surface area contributed by atoms with Crippen LogP contribution in [-0.4, -0.2) is 41.8 Å². The number of fused-ring (bicyclic) bond motifs is 1. The van der Waals surface area contributed by atoms with Crippen molar-refractivity contribution in [2.75, 3.05) is 19.8 Å². The van der Waals surface area contributed by atoms with E-state index in [9.17, 15) is 14.4 Å². The molecule has 8 nitrogen and oxygen atoms in total. The molecule has 0 saturated carbocycles. The van der Waals surface area contributed by atoms with Gasteiger partial charge in [-0.2, -0.15) is 0 Å². The SMILES string of the molecule is CCOC(=O)c1ccc2ccc(OCCCCCNC(=O)OC(C)(C)C)cn2c1=O. The smallest absolute Gasteiger partial charge is 0.407 e. The first-order valence-corrected chi connectivity index (χ1v) is 10.1. The summed E-state index contributed by atoms with van der Waals surface area (Å²) in [6.45, 7) is 8.38. The van der Waals surface area contributed by atoms with Crippen LogP contribution in [0.15, 0.2) is 35.3 Å². The van der Waals surface area contributed by atoms with E-state index in [0.29, 0.717) is 24.4 Å². The molecule has 0 aromatic carbocycles. The first kappa shape index (κ1) is 23.3. The summed E-state index contributed by atoms with van der Waals surface area (Å²) in [4.78, 5) is 36.0. The highest BCUT2D eigenvalue weighted by Crippen LogP contribution is 2.13. The van der Waals surface area contributed by atoms with Gasteiger partial charge in [0.1, 0.15) is 16.9 Å². The number of carbonyl (C=O) groups excluding carboxylic acids is 2. The second-order valence-corrected chi connectivity index (χ2v) is 7.77. The van der Waals surface area contributed by atoms with Crippen molar-refractivity contribution in [3.05, 3.63) is 46.4 Å². The number of alkyl carbamates (subject to hydrolysis) is 1. The number of amides is 1. The molecule has 0 radical (unpaired) electrons. The van der Waals surface area contributed by atoms with Crippen LogP contribution in [0.4, 0.5) is 4.79 Å². The first-order chi connectivity index (χ1) is 14.2. The summed E-state index contributed by atoms with van der Waals surface area (Å²) in [6, 6.07) is 6.70. The number of hydrogen-bond donors (Lipinski definition) is 1. The molecule has 0 fully saturated rings. The molecule has 164 valence electrons.